The summed E-state index contributed by atoms with van der Waals surface area (Å²) in [5.41, 5.74) is 7.95. The minimum atomic E-state index is 0.265. The van der Waals surface area contributed by atoms with E-state index in [4.69, 9.17) is 5.73 Å². The quantitative estimate of drug-likeness (QED) is 0.789. The molecule has 3 heteroatoms. The molecular weight excluding hydrogens is 180 g/mol. The van der Waals surface area contributed by atoms with Crippen molar-refractivity contribution < 1.29 is 0 Å². The van der Waals surface area contributed by atoms with Crippen molar-refractivity contribution in [1.29, 1.82) is 0 Å². The Morgan fingerprint density at radius 3 is 2.85 bits per heavy atom. The Labute approximate surface area is 84.2 Å². The van der Waals surface area contributed by atoms with Crippen LogP contribution in [0.1, 0.15) is 31.6 Å². The monoisotopic (exact) mass is 198 g/mol. The van der Waals surface area contributed by atoms with Gasteiger partial charge in [0.15, 0.2) is 0 Å². The van der Waals surface area contributed by atoms with Gasteiger partial charge in [-0.15, -0.1) is 11.3 Å². The van der Waals surface area contributed by atoms with Crippen LogP contribution in [0.15, 0.2) is 11.7 Å². The van der Waals surface area contributed by atoms with Gasteiger partial charge in [0.2, 0.25) is 0 Å². The zero-order chi connectivity index (χ0) is 9.73. The minimum absolute atomic E-state index is 0.265. The third kappa shape index (κ3) is 3.08. The van der Waals surface area contributed by atoms with Crippen molar-refractivity contribution in [2.75, 3.05) is 6.54 Å². The second-order valence-corrected chi connectivity index (χ2v) is 4.88. The van der Waals surface area contributed by atoms with E-state index in [1.54, 1.807) is 11.3 Å². The summed E-state index contributed by atoms with van der Waals surface area (Å²) in [5.74, 6) is 0. The zero-order valence-corrected chi connectivity index (χ0v) is 9.23. The first-order chi connectivity index (χ1) is 6.20. The van der Waals surface area contributed by atoms with Crippen LogP contribution in [-0.4, -0.2) is 11.5 Å². The van der Waals surface area contributed by atoms with E-state index in [9.17, 15) is 0 Å². The minimum Gasteiger partial charge on any atom is -0.330 e. The average molecular weight is 198 g/mol. The molecule has 1 aromatic rings. The molecule has 74 valence electrons. The van der Waals surface area contributed by atoms with Crippen LogP contribution in [0.2, 0.25) is 0 Å². The van der Waals surface area contributed by atoms with Gasteiger partial charge in [-0.3, -0.25) is 4.98 Å². The predicted octanol–water partition coefficient (Wildman–Crippen LogP) is 2.45. The molecule has 0 saturated carbocycles. The van der Waals surface area contributed by atoms with Crippen LogP contribution < -0.4 is 5.73 Å². The topological polar surface area (TPSA) is 38.9 Å². The number of rotatable bonds is 5. The summed E-state index contributed by atoms with van der Waals surface area (Å²) in [6.45, 7) is 5.23. The van der Waals surface area contributed by atoms with Gasteiger partial charge >= 0.3 is 0 Å². The van der Waals surface area contributed by atoms with Gasteiger partial charge in [0.25, 0.3) is 0 Å². The normalized spacial score (nSPS) is 15.6. The van der Waals surface area contributed by atoms with E-state index in [0.717, 1.165) is 13.0 Å². The molecule has 0 aromatic carbocycles. The Morgan fingerprint density at radius 1 is 1.62 bits per heavy atom. The van der Waals surface area contributed by atoms with Crippen LogP contribution in [0.5, 0.6) is 0 Å². The van der Waals surface area contributed by atoms with E-state index < -0.39 is 0 Å². The van der Waals surface area contributed by atoms with E-state index >= 15 is 0 Å². The third-order valence-corrected chi connectivity index (χ3v) is 3.21. The fourth-order valence-electron chi connectivity index (χ4n) is 1.62. The molecule has 0 aliphatic rings. The average Bonchev–Trinajstić information content (AvgIpc) is 2.57. The van der Waals surface area contributed by atoms with Crippen LogP contribution in [0, 0.1) is 5.41 Å². The number of nitrogens with zero attached hydrogens (tertiary/aromatic N) is 1. The fraction of sp³-hybridized carbons (Fsp3) is 0.700. The largest absolute Gasteiger partial charge is 0.330 e. The molecule has 0 aliphatic carbocycles. The molecule has 0 saturated heterocycles. The summed E-state index contributed by atoms with van der Waals surface area (Å²) in [5, 5.41) is 0. The molecule has 0 radical (unpaired) electrons. The van der Waals surface area contributed by atoms with Crippen LogP contribution in [0.3, 0.4) is 0 Å². The summed E-state index contributed by atoms with van der Waals surface area (Å²) >= 11 is 1.72. The first kappa shape index (κ1) is 10.7. The van der Waals surface area contributed by atoms with Crippen LogP contribution in [0.4, 0.5) is 0 Å². The van der Waals surface area contributed by atoms with Crippen molar-refractivity contribution in [3.05, 3.63) is 16.6 Å². The molecule has 1 rings (SSSR count). The standard InChI is InChI=1S/C10H18N2S/c1-3-4-10(2,7-11)5-9-6-12-8-13-9/h6,8H,3-5,7,11H2,1-2H3. The molecule has 2 nitrogen and oxygen atoms in total. The third-order valence-electron chi connectivity index (χ3n) is 2.43. The second kappa shape index (κ2) is 4.72. The highest BCUT2D eigenvalue weighted by molar-refractivity contribution is 7.09. The second-order valence-electron chi connectivity index (χ2n) is 3.91. The van der Waals surface area contributed by atoms with Gasteiger partial charge in [0, 0.05) is 11.1 Å². The molecule has 0 aliphatic heterocycles. The van der Waals surface area contributed by atoms with Crippen molar-refractivity contribution in [3.63, 3.8) is 0 Å². The molecular formula is C10H18N2S. The van der Waals surface area contributed by atoms with Crippen molar-refractivity contribution in [2.24, 2.45) is 11.1 Å². The molecule has 13 heavy (non-hydrogen) atoms. The Kier molecular flexibility index (Phi) is 3.88. The molecule has 1 heterocycles. The first-order valence-corrected chi connectivity index (χ1v) is 5.65. The molecule has 0 spiro atoms. The fourth-order valence-corrected chi connectivity index (χ4v) is 2.43. The van der Waals surface area contributed by atoms with E-state index in [2.05, 4.69) is 18.8 Å². The predicted molar refractivity (Wildman–Crippen MR) is 57.9 cm³/mol. The Balaban J connectivity index is 2.58. The van der Waals surface area contributed by atoms with Crippen LogP contribution in [-0.2, 0) is 6.42 Å². The summed E-state index contributed by atoms with van der Waals surface area (Å²) in [6.07, 6.45) is 5.42. The molecule has 2 N–H and O–H groups in total. The summed E-state index contributed by atoms with van der Waals surface area (Å²) < 4.78 is 0. The van der Waals surface area contributed by atoms with Crippen LogP contribution >= 0.6 is 11.3 Å². The first-order valence-electron chi connectivity index (χ1n) is 4.77. The van der Waals surface area contributed by atoms with Gasteiger partial charge < -0.3 is 5.73 Å². The number of nitrogens with two attached hydrogens (primary N) is 1. The Bertz CT molecular complexity index is 233. The zero-order valence-electron chi connectivity index (χ0n) is 8.42. The van der Waals surface area contributed by atoms with E-state index in [0.29, 0.717) is 0 Å². The SMILES string of the molecule is CCCC(C)(CN)Cc1cncs1. The van der Waals surface area contributed by atoms with Gasteiger partial charge in [-0.25, -0.2) is 0 Å². The van der Waals surface area contributed by atoms with E-state index in [-0.39, 0.29) is 5.41 Å². The Hall–Kier alpha value is -0.410. The highest BCUT2D eigenvalue weighted by atomic mass is 32.1. The highest BCUT2D eigenvalue weighted by Gasteiger charge is 2.22. The lowest BCUT2D eigenvalue weighted by molar-refractivity contribution is 0.304. The molecule has 0 amide bonds. The lowest BCUT2D eigenvalue weighted by Gasteiger charge is -2.26. The molecule has 0 fully saturated rings. The maximum Gasteiger partial charge on any atom is 0.0794 e. The highest BCUT2D eigenvalue weighted by Crippen LogP contribution is 2.28. The van der Waals surface area contributed by atoms with Gasteiger partial charge in [0.1, 0.15) is 0 Å². The van der Waals surface area contributed by atoms with E-state index in [1.807, 2.05) is 11.7 Å². The molecule has 1 unspecified atom stereocenters. The maximum absolute atomic E-state index is 5.79. The molecule has 0 bridgehead atoms. The van der Waals surface area contributed by atoms with Crippen molar-refractivity contribution in [1.82, 2.24) is 4.98 Å². The summed E-state index contributed by atoms with van der Waals surface area (Å²) in [4.78, 5) is 5.43. The number of hydrogen-bond donors (Lipinski definition) is 1. The van der Waals surface area contributed by atoms with Crippen molar-refractivity contribution >= 4 is 11.3 Å². The van der Waals surface area contributed by atoms with Gasteiger partial charge in [0.05, 0.1) is 5.51 Å². The smallest absolute Gasteiger partial charge is 0.0794 e. The lowest BCUT2D eigenvalue weighted by Crippen LogP contribution is -2.29. The molecule has 1 aromatic heterocycles. The Morgan fingerprint density at radius 2 is 2.38 bits per heavy atom. The van der Waals surface area contributed by atoms with Crippen molar-refractivity contribution in [3.8, 4) is 0 Å². The maximum atomic E-state index is 5.79. The van der Waals surface area contributed by atoms with Gasteiger partial charge in [-0.2, -0.15) is 0 Å². The van der Waals surface area contributed by atoms with Crippen LogP contribution in [0.25, 0.3) is 0 Å². The van der Waals surface area contributed by atoms with Crippen molar-refractivity contribution in [2.45, 2.75) is 33.1 Å². The summed E-state index contributed by atoms with van der Waals surface area (Å²) in [7, 11) is 0. The number of aromatic nitrogens is 1. The van der Waals surface area contributed by atoms with Gasteiger partial charge in [-0.05, 0) is 24.8 Å². The van der Waals surface area contributed by atoms with Gasteiger partial charge in [-0.1, -0.05) is 20.3 Å². The molecule has 1 atom stereocenters. The number of thiazole rings is 1. The van der Waals surface area contributed by atoms with E-state index in [1.165, 1.54) is 17.7 Å². The lowest BCUT2D eigenvalue weighted by atomic mass is 9.82. The summed E-state index contributed by atoms with van der Waals surface area (Å²) in [6, 6.07) is 0. The number of hydrogen-bond acceptors (Lipinski definition) is 3.